The summed E-state index contributed by atoms with van der Waals surface area (Å²) in [5.41, 5.74) is 4.66. The smallest absolute Gasteiger partial charge is 0.220 e. The second-order valence-corrected chi connectivity index (χ2v) is 1.51. The molecular formula is C4H10ClNO3. The number of aliphatic hydroxyl groups is 2. The molecule has 1 unspecified atom stereocenters. The molecule has 0 aliphatic carbocycles. The lowest BCUT2D eigenvalue weighted by atomic mass is 10.3. The summed E-state index contributed by atoms with van der Waals surface area (Å²) in [6.45, 7) is -0.414. The van der Waals surface area contributed by atoms with Gasteiger partial charge in [0, 0.05) is 0 Å². The Kier molecular flexibility index (Phi) is 7.41. The Morgan fingerprint density at radius 1 is 1.67 bits per heavy atom. The molecule has 0 aromatic carbocycles. The van der Waals surface area contributed by atoms with E-state index in [2.05, 4.69) is 5.73 Å². The average Bonchev–Trinajstić information content (AvgIpc) is 1.65. The maximum absolute atomic E-state index is 9.92. The van der Waals surface area contributed by atoms with Crippen LogP contribution in [0.25, 0.3) is 0 Å². The lowest BCUT2D eigenvalue weighted by molar-refractivity contribution is -0.120. The number of rotatable bonds is 3. The van der Waals surface area contributed by atoms with Gasteiger partial charge in [0.15, 0.2) is 0 Å². The van der Waals surface area contributed by atoms with Crippen LogP contribution < -0.4 is 5.73 Å². The first-order valence-corrected chi connectivity index (χ1v) is 2.24. The number of carbonyl (C=O) groups is 1. The van der Waals surface area contributed by atoms with Gasteiger partial charge in [0.25, 0.3) is 0 Å². The number of amides is 1. The summed E-state index contributed by atoms with van der Waals surface area (Å²) in [5, 5.41) is 16.6. The van der Waals surface area contributed by atoms with E-state index < -0.39 is 18.6 Å². The van der Waals surface area contributed by atoms with Crippen LogP contribution in [0.3, 0.4) is 0 Å². The van der Waals surface area contributed by atoms with E-state index in [4.69, 9.17) is 10.2 Å². The van der Waals surface area contributed by atoms with Gasteiger partial charge in [-0.25, -0.2) is 0 Å². The number of carbonyl (C=O) groups excluding carboxylic acids is 1. The number of hydrogen-bond acceptors (Lipinski definition) is 3. The van der Waals surface area contributed by atoms with Crippen LogP contribution >= 0.6 is 12.4 Å². The van der Waals surface area contributed by atoms with Gasteiger partial charge >= 0.3 is 0 Å². The maximum Gasteiger partial charge on any atom is 0.220 e. The summed E-state index contributed by atoms with van der Waals surface area (Å²) < 4.78 is 0. The summed E-state index contributed by atoms with van der Waals surface area (Å²) in [4.78, 5) is 9.92. The van der Waals surface area contributed by atoms with Gasteiger partial charge in [0.05, 0.1) is 19.1 Å². The van der Waals surface area contributed by atoms with E-state index in [9.17, 15) is 4.79 Å². The quantitative estimate of drug-likeness (QED) is 0.471. The van der Waals surface area contributed by atoms with Crippen molar-refractivity contribution in [3.05, 3.63) is 0 Å². The van der Waals surface area contributed by atoms with Gasteiger partial charge in [0.2, 0.25) is 5.91 Å². The molecule has 0 saturated carbocycles. The van der Waals surface area contributed by atoms with Gasteiger partial charge in [0.1, 0.15) is 0 Å². The number of nitrogens with two attached hydrogens (primary N) is 1. The molecule has 1 amide bonds. The highest BCUT2D eigenvalue weighted by molar-refractivity contribution is 5.85. The molecule has 0 bridgehead atoms. The van der Waals surface area contributed by atoms with Crippen molar-refractivity contribution in [2.75, 3.05) is 6.61 Å². The highest BCUT2D eigenvalue weighted by Gasteiger charge is 2.03. The van der Waals surface area contributed by atoms with Gasteiger partial charge in [-0.1, -0.05) is 0 Å². The first-order chi connectivity index (χ1) is 3.66. The predicted octanol–water partition coefficient (Wildman–Crippen LogP) is -1.36. The Morgan fingerprint density at radius 3 is 2.22 bits per heavy atom. The topological polar surface area (TPSA) is 83.6 Å². The predicted molar refractivity (Wildman–Crippen MR) is 34.2 cm³/mol. The van der Waals surface area contributed by atoms with Crippen LogP contribution in [0, 0.1) is 0 Å². The van der Waals surface area contributed by atoms with Crippen molar-refractivity contribution in [1.82, 2.24) is 0 Å². The molecule has 0 rings (SSSR count). The summed E-state index contributed by atoms with van der Waals surface area (Å²) in [7, 11) is 0. The van der Waals surface area contributed by atoms with Crippen LogP contribution in [0.4, 0.5) is 0 Å². The summed E-state index contributed by atoms with van der Waals surface area (Å²) in [6, 6.07) is 0. The fraction of sp³-hybridized carbons (Fsp3) is 0.750. The molecule has 9 heavy (non-hydrogen) atoms. The van der Waals surface area contributed by atoms with Crippen LogP contribution in [0.2, 0.25) is 0 Å². The molecule has 0 aromatic heterocycles. The fourth-order valence-corrected chi connectivity index (χ4v) is 0.297. The Labute approximate surface area is 59.1 Å². The van der Waals surface area contributed by atoms with Crippen molar-refractivity contribution in [2.45, 2.75) is 12.5 Å². The number of halogens is 1. The normalized spacial score (nSPS) is 11.8. The zero-order valence-electron chi connectivity index (χ0n) is 4.78. The second kappa shape index (κ2) is 5.81. The van der Waals surface area contributed by atoms with Crippen molar-refractivity contribution >= 4 is 18.3 Å². The second-order valence-electron chi connectivity index (χ2n) is 1.51. The first kappa shape index (κ1) is 11.5. The fourth-order valence-electron chi connectivity index (χ4n) is 0.297. The van der Waals surface area contributed by atoms with Gasteiger partial charge in [-0.15, -0.1) is 12.4 Å². The van der Waals surface area contributed by atoms with Crippen molar-refractivity contribution in [1.29, 1.82) is 0 Å². The van der Waals surface area contributed by atoms with Gasteiger partial charge < -0.3 is 15.9 Å². The van der Waals surface area contributed by atoms with E-state index >= 15 is 0 Å². The molecule has 56 valence electrons. The van der Waals surface area contributed by atoms with Crippen LogP contribution in [0.15, 0.2) is 0 Å². The minimum absolute atomic E-state index is 0. The highest BCUT2D eigenvalue weighted by Crippen LogP contribution is 1.85. The largest absolute Gasteiger partial charge is 0.394 e. The third-order valence-electron chi connectivity index (χ3n) is 0.648. The summed E-state index contributed by atoms with van der Waals surface area (Å²) in [6.07, 6.45) is -1.16. The van der Waals surface area contributed by atoms with Crippen molar-refractivity contribution < 1.29 is 15.0 Å². The van der Waals surface area contributed by atoms with E-state index in [1.165, 1.54) is 0 Å². The molecule has 1 atom stereocenters. The summed E-state index contributed by atoms with van der Waals surface area (Å²) >= 11 is 0. The Morgan fingerprint density at radius 2 is 2.11 bits per heavy atom. The van der Waals surface area contributed by atoms with Crippen molar-refractivity contribution in [3.8, 4) is 0 Å². The standard InChI is InChI=1S/C4H9NO3.ClH/c5-4(8)1-3(7)2-6;/h3,6-7H,1-2H2,(H2,5,8);1H. The monoisotopic (exact) mass is 155 g/mol. The molecule has 0 saturated heterocycles. The average molecular weight is 156 g/mol. The lowest BCUT2D eigenvalue weighted by Crippen LogP contribution is -2.22. The Hall–Kier alpha value is -0.320. The summed E-state index contributed by atoms with van der Waals surface area (Å²) in [5.74, 6) is -0.605. The minimum atomic E-state index is -0.993. The third kappa shape index (κ3) is 7.68. The molecule has 0 aliphatic heterocycles. The third-order valence-corrected chi connectivity index (χ3v) is 0.648. The van der Waals surface area contributed by atoms with Crippen molar-refractivity contribution in [2.24, 2.45) is 5.73 Å². The van der Waals surface area contributed by atoms with Crippen LogP contribution in [-0.2, 0) is 4.79 Å². The Balaban J connectivity index is 0. The maximum atomic E-state index is 9.92. The van der Waals surface area contributed by atoms with Crippen molar-refractivity contribution in [3.63, 3.8) is 0 Å². The molecular weight excluding hydrogens is 146 g/mol. The zero-order valence-corrected chi connectivity index (χ0v) is 5.60. The van der Waals surface area contributed by atoms with E-state index in [1.807, 2.05) is 0 Å². The molecule has 0 spiro atoms. The molecule has 4 N–H and O–H groups in total. The van der Waals surface area contributed by atoms with E-state index in [0.29, 0.717) is 0 Å². The molecule has 0 radical (unpaired) electrons. The van der Waals surface area contributed by atoms with Crippen LogP contribution in [-0.4, -0.2) is 28.8 Å². The molecule has 4 nitrogen and oxygen atoms in total. The molecule has 0 aromatic rings. The molecule has 0 fully saturated rings. The Bertz CT molecular complexity index is 87.9. The van der Waals surface area contributed by atoms with E-state index in [1.54, 1.807) is 0 Å². The van der Waals surface area contributed by atoms with Gasteiger partial charge in [-0.2, -0.15) is 0 Å². The minimum Gasteiger partial charge on any atom is -0.394 e. The molecule has 0 heterocycles. The first-order valence-electron chi connectivity index (χ1n) is 2.24. The number of hydrogen-bond donors (Lipinski definition) is 3. The van der Waals surface area contributed by atoms with E-state index in [-0.39, 0.29) is 18.8 Å². The van der Waals surface area contributed by atoms with Gasteiger partial charge in [-0.3, -0.25) is 4.79 Å². The molecule has 5 heteroatoms. The highest BCUT2D eigenvalue weighted by atomic mass is 35.5. The van der Waals surface area contributed by atoms with Crippen LogP contribution in [0.5, 0.6) is 0 Å². The SMILES string of the molecule is Cl.NC(=O)CC(O)CO. The van der Waals surface area contributed by atoms with Crippen LogP contribution in [0.1, 0.15) is 6.42 Å². The van der Waals surface area contributed by atoms with E-state index in [0.717, 1.165) is 0 Å². The lowest BCUT2D eigenvalue weighted by Gasteiger charge is -2.00. The molecule has 0 aliphatic rings. The zero-order chi connectivity index (χ0) is 6.57. The van der Waals surface area contributed by atoms with Gasteiger partial charge in [-0.05, 0) is 0 Å². The number of primary amides is 1. The number of aliphatic hydroxyl groups excluding tert-OH is 2.